The van der Waals surface area contributed by atoms with Gasteiger partial charge in [0.05, 0.1) is 0 Å². The number of hydrogen-bond acceptors (Lipinski definition) is 1. The molecule has 0 N–H and O–H groups in total. The van der Waals surface area contributed by atoms with Crippen molar-refractivity contribution >= 4 is 0 Å². The van der Waals surface area contributed by atoms with Gasteiger partial charge in [0.1, 0.15) is 0 Å². The Morgan fingerprint density at radius 2 is 1.65 bits per heavy atom. The van der Waals surface area contributed by atoms with Gasteiger partial charge in [-0.25, -0.2) is 0 Å². The van der Waals surface area contributed by atoms with Gasteiger partial charge in [-0.15, -0.1) is 0 Å². The predicted octanol–water partition coefficient (Wildman–Crippen LogP) is 4.55. The molecule has 0 saturated carbocycles. The molecule has 2 rings (SSSR count). The zero-order valence-corrected chi connectivity index (χ0v) is 11.1. The average Bonchev–Trinajstić information content (AvgIpc) is 2.33. The molecule has 1 unspecified atom stereocenters. The molecular weight excluding hydrogens is 206 g/mol. The van der Waals surface area contributed by atoms with Gasteiger partial charge in [0.15, 0.2) is 0 Å². The highest BCUT2D eigenvalue weighted by Crippen LogP contribution is 2.17. The Bertz CT molecular complexity index is 332. The van der Waals surface area contributed by atoms with E-state index in [9.17, 15) is 0 Å². The van der Waals surface area contributed by atoms with Crippen molar-refractivity contribution in [2.75, 3.05) is 0 Å². The van der Waals surface area contributed by atoms with E-state index in [1.807, 2.05) is 0 Å². The van der Waals surface area contributed by atoms with E-state index in [0.717, 1.165) is 12.3 Å². The molecule has 17 heavy (non-hydrogen) atoms. The number of pyridine rings is 1. The summed E-state index contributed by atoms with van der Waals surface area (Å²) in [7, 11) is 0. The largest absolute Gasteiger partial charge is 0.258 e. The predicted molar refractivity (Wildman–Crippen MR) is 73.1 cm³/mol. The highest BCUT2D eigenvalue weighted by Gasteiger charge is 2.06. The van der Waals surface area contributed by atoms with Gasteiger partial charge in [0.25, 0.3) is 0 Å². The van der Waals surface area contributed by atoms with Crippen molar-refractivity contribution in [1.82, 2.24) is 4.98 Å². The molecule has 1 nitrogen and oxygen atoms in total. The second kappa shape index (κ2) is 6.78. The summed E-state index contributed by atoms with van der Waals surface area (Å²) in [5, 5.41) is 0. The van der Waals surface area contributed by atoms with Crippen LogP contribution in [0.15, 0.2) is 18.2 Å². The van der Waals surface area contributed by atoms with Crippen LogP contribution in [0.2, 0.25) is 0 Å². The first kappa shape index (κ1) is 12.6. The molecular formula is C16H25N. The van der Waals surface area contributed by atoms with Gasteiger partial charge < -0.3 is 0 Å². The molecule has 1 aromatic rings. The van der Waals surface area contributed by atoms with E-state index < -0.39 is 0 Å². The van der Waals surface area contributed by atoms with Crippen molar-refractivity contribution in [3.8, 4) is 0 Å². The third-order valence-electron chi connectivity index (χ3n) is 3.80. The molecule has 0 saturated heterocycles. The summed E-state index contributed by atoms with van der Waals surface area (Å²) in [5.41, 5.74) is 2.60. The monoisotopic (exact) mass is 231 g/mol. The third-order valence-corrected chi connectivity index (χ3v) is 3.80. The number of fused-ring (bicyclic) bond motifs is 2. The Labute approximate surface area is 106 Å². The lowest BCUT2D eigenvalue weighted by atomic mass is 9.97. The van der Waals surface area contributed by atoms with E-state index in [2.05, 4.69) is 25.1 Å². The lowest BCUT2D eigenvalue weighted by Crippen LogP contribution is -2.03. The van der Waals surface area contributed by atoms with Crippen molar-refractivity contribution in [3.63, 3.8) is 0 Å². The molecule has 1 aliphatic rings. The van der Waals surface area contributed by atoms with Crippen LogP contribution in [-0.2, 0) is 12.8 Å². The normalized spacial score (nSPS) is 23.2. The van der Waals surface area contributed by atoms with E-state index in [1.54, 1.807) is 0 Å². The summed E-state index contributed by atoms with van der Waals surface area (Å²) in [5.74, 6) is 0.790. The molecule has 0 radical (unpaired) electrons. The van der Waals surface area contributed by atoms with Crippen LogP contribution in [0.1, 0.15) is 63.3 Å². The second-order valence-corrected chi connectivity index (χ2v) is 5.59. The minimum Gasteiger partial charge on any atom is -0.258 e. The second-order valence-electron chi connectivity index (χ2n) is 5.59. The van der Waals surface area contributed by atoms with Crippen LogP contribution in [0.5, 0.6) is 0 Å². The summed E-state index contributed by atoms with van der Waals surface area (Å²) < 4.78 is 0. The summed E-state index contributed by atoms with van der Waals surface area (Å²) in [6.07, 6.45) is 12.1. The van der Waals surface area contributed by atoms with Gasteiger partial charge in [-0.05, 0) is 37.3 Å². The van der Waals surface area contributed by atoms with E-state index in [-0.39, 0.29) is 0 Å². The van der Waals surface area contributed by atoms with Gasteiger partial charge in [-0.1, -0.05) is 51.5 Å². The summed E-state index contributed by atoms with van der Waals surface area (Å²) in [6, 6.07) is 6.57. The Balaban J connectivity index is 2.02. The molecule has 0 aliphatic carbocycles. The van der Waals surface area contributed by atoms with Crippen LogP contribution in [0, 0.1) is 5.92 Å². The molecule has 0 aromatic carbocycles. The third kappa shape index (κ3) is 4.49. The Morgan fingerprint density at radius 1 is 0.941 bits per heavy atom. The van der Waals surface area contributed by atoms with Crippen molar-refractivity contribution in [2.45, 2.75) is 64.7 Å². The maximum absolute atomic E-state index is 4.79. The minimum atomic E-state index is 0.790. The van der Waals surface area contributed by atoms with Crippen LogP contribution in [0.25, 0.3) is 0 Å². The number of aryl methyl sites for hydroxylation is 1. The van der Waals surface area contributed by atoms with Gasteiger partial charge in [-0.3, -0.25) is 4.98 Å². The Kier molecular flexibility index (Phi) is 5.03. The minimum absolute atomic E-state index is 0.790. The molecule has 1 heteroatoms. The first-order valence-electron chi connectivity index (χ1n) is 7.29. The molecule has 1 aromatic heterocycles. The van der Waals surface area contributed by atoms with Crippen molar-refractivity contribution in [1.29, 1.82) is 0 Å². The smallest absolute Gasteiger partial charge is 0.0409 e. The maximum Gasteiger partial charge on any atom is 0.0409 e. The average molecular weight is 231 g/mol. The van der Waals surface area contributed by atoms with Crippen LogP contribution >= 0.6 is 0 Å². The quantitative estimate of drug-likeness (QED) is 0.638. The molecule has 2 heterocycles. The fourth-order valence-corrected chi connectivity index (χ4v) is 2.75. The lowest BCUT2D eigenvalue weighted by molar-refractivity contribution is 0.479. The van der Waals surface area contributed by atoms with Gasteiger partial charge in [0.2, 0.25) is 0 Å². The van der Waals surface area contributed by atoms with Crippen LogP contribution in [-0.4, -0.2) is 4.98 Å². The first-order chi connectivity index (χ1) is 8.34. The summed E-state index contributed by atoms with van der Waals surface area (Å²) in [6.45, 7) is 2.37. The van der Waals surface area contributed by atoms with Gasteiger partial charge in [0, 0.05) is 11.4 Å². The maximum atomic E-state index is 4.79. The number of rotatable bonds is 0. The zero-order valence-electron chi connectivity index (χ0n) is 11.1. The van der Waals surface area contributed by atoms with Crippen molar-refractivity contribution in [2.24, 2.45) is 5.92 Å². The number of aromatic nitrogens is 1. The van der Waals surface area contributed by atoms with E-state index in [0.29, 0.717) is 0 Å². The number of nitrogens with zero attached hydrogens (tertiary/aromatic N) is 1. The van der Waals surface area contributed by atoms with Gasteiger partial charge in [-0.2, -0.15) is 0 Å². The molecule has 1 atom stereocenters. The fraction of sp³-hybridized carbons (Fsp3) is 0.688. The molecule has 0 spiro atoms. The summed E-state index contributed by atoms with van der Waals surface area (Å²) in [4.78, 5) is 4.79. The van der Waals surface area contributed by atoms with Crippen LogP contribution < -0.4 is 0 Å². The molecule has 94 valence electrons. The fourth-order valence-electron chi connectivity index (χ4n) is 2.75. The lowest BCUT2D eigenvalue weighted by Gasteiger charge is -2.11. The summed E-state index contributed by atoms with van der Waals surface area (Å²) >= 11 is 0. The van der Waals surface area contributed by atoms with Gasteiger partial charge >= 0.3 is 0 Å². The molecule has 1 aliphatic heterocycles. The van der Waals surface area contributed by atoms with Crippen molar-refractivity contribution in [3.05, 3.63) is 29.6 Å². The standard InChI is InChI=1S/C16H25N/c1-14-9-6-4-2-3-5-7-10-15-11-8-12-16(13-14)17-15/h8,11-12,14H,2-7,9-10,13H2,1H3. The van der Waals surface area contributed by atoms with Crippen LogP contribution in [0.4, 0.5) is 0 Å². The first-order valence-corrected chi connectivity index (χ1v) is 7.29. The Hall–Kier alpha value is -0.850. The molecule has 0 fully saturated rings. The molecule has 2 bridgehead atoms. The zero-order chi connectivity index (χ0) is 11.9. The van der Waals surface area contributed by atoms with E-state index in [4.69, 9.17) is 4.98 Å². The van der Waals surface area contributed by atoms with E-state index >= 15 is 0 Å². The number of hydrogen-bond donors (Lipinski definition) is 0. The highest BCUT2D eigenvalue weighted by atomic mass is 14.7. The highest BCUT2D eigenvalue weighted by molar-refractivity contribution is 5.12. The molecule has 0 amide bonds. The Morgan fingerprint density at radius 3 is 2.53 bits per heavy atom. The topological polar surface area (TPSA) is 12.9 Å². The SMILES string of the molecule is CC1CCCCCCCCc2cccc(n2)C1. The van der Waals surface area contributed by atoms with Crippen molar-refractivity contribution < 1.29 is 0 Å². The van der Waals surface area contributed by atoms with Crippen LogP contribution in [0.3, 0.4) is 0 Å². The van der Waals surface area contributed by atoms with E-state index in [1.165, 1.54) is 62.8 Å².